The molecule has 2 aromatic rings. The van der Waals surface area contributed by atoms with Gasteiger partial charge in [0, 0.05) is 17.1 Å². The number of hydrogen-bond donors (Lipinski definition) is 1. The van der Waals surface area contributed by atoms with Crippen LogP contribution in [0.5, 0.6) is 0 Å². The average Bonchev–Trinajstić information content (AvgIpc) is 2.58. The summed E-state index contributed by atoms with van der Waals surface area (Å²) in [5, 5.41) is 4.09. The molecule has 0 aliphatic heterocycles. The van der Waals surface area contributed by atoms with Crippen molar-refractivity contribution in [2.45, 2.75) is 6.92 Å². The molecule has 0 spiro atoms. The van der Waals surface area contributed by atoms with Crippen LogP contribution in [0.2, 0.25) is 0 Å². The molecule has 8 heteroatoms. The molecule has 132 valence electrons. The molecule has 0 saturated carbocycles. The van der Waals surface area contributed by atoms with Crippen molar-refractivity contribution in [3.63, 3.8) is 0 Å². The number of amides is 1. The standard InChI is InChI=1S/C17H18BrN3O3S/c1-12(13-4-8-15(18)9-5-13)19-20-17(22)14-6-10-16(11-7-14)21(2)25(3,23)24/h4-11H,1-3H3,(H,20,22)/b19-12-. The van der Waals surface area contributed by atoms with Gasteiger partial charge in [0.25, 0.3) is 5.91 Å². The van der Waals surface area contributed by atoms with E-state index in [-0.39, 0.29) is 5.91 Å². The van der Waals surface area contributed by atoms with Gasteiger partial charge in [-0.15, -0.1) is 0 Å². The number of carbonyl (C=O) groups is 1. The van der Waals surface area contributed by atoms with E-state index in [0.717, 1.165) is 20.6 Å². The van der Waals surface area contributed by atoms with Crippen molar-refractivity contribution >= 4 is 43.3 Å². The Hall–Kier alpha value is -2.19. The van der Waals surface area contributed by atoms with E-state index in [4.69, 9.17) is 0 Å². The maximum absolute atomic E-state index is 12.2. The summed E-state index contributed by atoms with van der Waals surface area (Å²) in [6.07, 6.45) is 1.12. The van der Waals surface area contributed by atoms with Crippen molar-refractivity contribution in [2.24, 2.45) is 5.10 Å². The van der Waals surface area contributed by atoms with Crippen molar-refractivity contribution in [1.82, 2.24) is 5.43 Å². The van der Waals surface area contributed by atoms with E-state index in [0.29, 0.717) is 17.0 Å². The van der Waals surface area contributed by atoms with Crippen molar-refractivity contribution in [2.75, 3.05) is 17.6 Å². The van der Waals surface area contributed by atoms with Crippen LogP contribution in [0.15, 0.2) is 58.1 Å². The number of carbonyl (C=O) groups excluding carboxylic acids is 1. The first kappa shape index (κ1) is 19.1. The Labute approximate surface area is 155 Å². The summed E-state index contributed by atoms with van der Waals surface area (Å²) in [5.41, 5.74) is 4.94. The van der Waals surface area contributed by atoms with Gasteiger partial charge < -0.3 is 0 Å². The first-order chi connectivity index (χ1) is 11.7. The number of benzene rings is 2. The third kappa shape index (κ3) is 5.14. The molecular weight excluding hydrogens is 406 g/mol. The van der Waals surface area contributed by atoms with Gasteiger partial charge in [0.05, 0.1) is 17.7 Å². The monoisotopic (exact) mass is 423 g/mol. The Bertz CT molecular complexity index is 892. The van der Waals surface area contributed by atoms with Gasteiger partial charge in [-0.2, -0.15) is 5.10 Å². The van der Waals surface area contributed by atoms with Crippen LogP contribution < -0.4 is 9.73 Å². The van der Waals surface area contributed by atoms with Crippen LogP contribution in [0, 0.1) is 0 Å². The highest BCUT2D eigenvalue weighted by molar-refractivity contribution is 9.10. The Balaban J connectivity index is 2.08. The first-order valence-electron chi connectivity index (χ1n) is 7.33. The van der Waals surface area contributed by atoms with E-state index in [2.05, 4.69) is 26.5 Å². The SMILES string of the molecule is C/C(=N/NC(=O)c1ccc(N(C)S(C)(=O)=O)cc1)c1ccc(Br)cc1. The molecule has 1 N–H and O–H groups in total. The Kier molecular flexibility index (Phi) is 5.97. The summed E-state index contributed by atoms with van der Waals surface area (Å²) < 4.78 is 25.1. The molecule has 0 aromatic heterocycles. The van der Waals surface area contributed by atoms with Gasteiger partial charge in [0.1, 0.15) is 0 Å². The molecule has 0 saturated heterocycles. The minimum atomic E-state index is -3.34. The van der Waals surface area contributed by atoms with Crippen molar-refractivity contribution in [3.8, 4) is 0 Å². The van der Waals surface area contributed by atoms with Crippen LogP contribution in [0.25, 0.3) is 0 Å². The van der Waals surface area contributed by atoms with Crippen LogP contribution in [0.3, 0.4) is 0 Å². The van der Waals surface area contributed by atoms with Gasteiger partial charge in [-0.3, -0.25) is 9.10 Å². The van der Waals surface area contributed by atoms with Crippen LogP contribution in [-0.4, -0.2) is 33.3 Å². The fraction of sp³-hybridized carbons (Fsp3) is 0.176. The molecule has 2 rings (SSSR count). The number of nitrogens with zero attached hydrogens (tertiary/aromatic N) is 2. The predicted octanol–water partition coefficient (Wildman–Crippen LogP) is 3.00. The summed E-state index contributed by atoms with van der Waals surface area (Å²) >= 11 is 3.36. The summed E-state index contributed by atoms with van der Waals surface area (Å²) in [5.74, 6) is -0.370. The lowest BCUT2D eigenvalue weighted by Gasteiger charge is -2.16. The van der Waals surface area contributed by atoms with Gasteiger partial charge in [-0.1, -0.05) is 28.1 Å². The highest BCUT2D eigenvalue weighted by Crippen LogP contribution is 2.16. The van der Waals surface area contributed by atoms with E-state index < -0.39 is 10.0 Å². The van der Waals surface area contributed by atoms with Crippen LogP contribution in [0.4, 0.5) is 5.69 Å². The molecule has 0 radical (unpaired) electrons. The van der Waals surface area contributed by atoms with Gasteiger partial charge in [0.2, 0.25) is 10.0 Å². The van der Waals surface area contributed by atoms with Gasteiger partial charge in [0.15, 0.2) is 0 Å². The Morgan fingerprint density at radius 1 is 1.04 bits per heavy atom. The second-order valence-corrected chi connectivity index (χ2v) is 8.35. The van der Waals surface area contributed by atoms with E-state index in [9.17, 15) is 13.2 Å². The van der Waals surface area contributed by atoms with Gasteiger partial charge >= 0.3 is 0 Å². The number of nitrogens with one attached hydrogen (secondary N) is 1. The fourth-order valence-electron chi connectivity index (χ4n) is 1.97. The molecule has 0 heterocycles. The molecular formula is C17H18BrN3O3S. The quantitative estimate of drug-likeness (QED) is 0.592. The lowest BCUT2D eigenvalue weighted by molar-refractivity contribution is 0.0955. The maximum atomic E-state index is 12.2. The minimum Gasteiger partial charge on any atom is -0.274 e. The van der Waals surface area contributed by atoms with Crippen LogP contribution >= 0.6 is 15.9 Å². The molecule has 2 aromatic carbocycles. The van der Waals surface area contributed by atoms with Gasteiger partial charge in [-0.05, 0) is 48.9 Å². The summed E-state index contributed by atoms with van der Waals surface area (Å²) in [6.45, 7) is 1.80. The summed E-state index contributed by atoms with van der Waals surface area (Å²) in [6, 6.07) is 13.8. The third-order valence-electron chi connectivity index (χ3n) is 3.58. The molecule has 25 heavy (non-hydrogen) atoms. The largest absolute Gasteiger partial charge is 0.274 e. The zero-order valence-corrected chi connectivity index (χ0v) is 16.4. The average molecular weight is 424 g/mol. The lowest BCUT2D eigenvalue weighted by atomic mass is 10.1. The van der Waals surface area contributed by atoms with E-state index in [1.165, 1.54) is 7.05 Å². The second-order valence-electron chi connectivity index (χ2n) is 5.42. The molecule has 6 nitrogen and oxygen atoms in total. The highest BCUT2D eigenvalue weighted by Gasteiger charge is 2.12. The molecule has 0 aliphatic rings. The lowest BCUT2D eigenvalue weighted by Crippen LogP contribution is -2.25. The molecule has 0 atom stereocenters. The van der Waals surface area contributed by atoms with Gasteiger partial charge in [-0.25, -0.2) is 13.8 Å². The molecule has 1 amide bonds. The fourth-order valence-corrected chi connectivity index (χ4v) is 2.74. The third-order valence-corrected chi connectivity index (χ3v) is 5.31. The summed E-state index contributed by atoms with van der Waals surface area (Å²) in [7, 11) is -1.88. The van der Waals surface area contributed by atoms with Crippen molar-refractivity contribution < 1.29 is 13.2 Å². The predicted molar refractivity (Wildman–Crippen MR) is 104 cm³/mol. The van der Waals surface area contributed by atoms with Crippen molar-refractivity contribution in [1.29, 1.82) is 0 Å². The topological polar surface area (TPSA) is 78.8 Å². The van der Waals surface area contributed by atoms with Crippen LogP contribution in [-0.2, 0) is 10.0 Å². The highest BCUT2D eigenvalue weighted by atomic mass is 79.9. The smallest absolute Gasteiger partial charge is 0.271 e. The number of hydrogen-bond acceptors (Lipinski definition) is 4. The van der Waals surface area contributed by atoms with E-state index in [1.807, 2.05) is 24.3 Å². The molecule has 0 unspecified atom stereocenters. The molecule has 0 aliphatic carbocycles. The normalized spacial score (nSPS) is 11.9. The second kappa shape index (κ2) is 7.79. The molecule has 0 fully saturated rings. The van der Waals surface area contributed by atoms with E-state index >= 15 is 0 Å². The zero-order valence-electron chi connectivity index (χ0n) is 14.0. The zero-order chi connectivity index (χ0) is 18.6. The van der Waals surface area contributed by atoms with Crippen LogP contribution in [0.1, 0.15) is 22.8 Å². The van der Waals surface area contributed by atoms with E-state index in [1.54, 1.807) is 31.2 Å². The minimum absolute atomic E-state index is 0.370. The maximum Gasteiger partial charge on any atom is 0.271 e. The molecule has 0 bridgehead atoms. The number of sulfonamides is 1. The summed E-state index contributed by atoms with van der Waals surface area (Å²) in [4.78, 5) is 12.2. The number of anilines is 1. The Morgan fingerprint density at radius 2 is 1.56 bits per heavy atom. The Morgan fingerprint density at radius 3 is 2.08 bits per heavy atom. The number of halogens is 1. The first-order valence-corrected chi connectivity index (χ1v) is 9.97. The van der Waals surface area contributed by atoms with Crippen molar-refractivity contribution in [3.05, 3.63) is 64.1 Å². The number of rotatable bonds is 5. The number of hydrazone groups is 1.